The van der Waals surface area contributed by atoms with Crippen molar-refractivity contribution in [3.8, 4) is 0 Å². The summed E-state index contributed by atoms with van der Waals surface area (Å²) in [6, 6.07) is 3.27. The van der Waals surface area contributed by atoms with Crippen LogP contribution in [0.5, 0.6) is 0 Å². The summed E-state index contributed by atoms with van der Waals surface area (Å²) in [7, 11) is 0. The Kier molecular flexibility index (Phi) is 5.44. The zero-order chi connectivity index (χ0) is 12.8. The Hall–Kier alpha value is -1.07. The Balaban J connectivity index is 2.36. The average molecular weight is 276 g/mol. The van der Waals surface area contributed by atoms with Crippen LogP contribution in [0, 0.1) is 0 Å². The van der Waals surface area contributed by atoms with E-state index in [1.165, 1.54) is 0 Å². The van der Waals surface area contributed by atoms with Gasteiger partial charge in [-0.1, -0.05) is 18.5 Å². The summed E-state index contributed by atoms with van der Waals surface area (Å²) in [4.78, 5) is 23.2. The Bertz CT molecular complexity index is 405. The highest BCUT2D eigenvalue weighted by atomic mass is 35.5. The molecule has 0 radical (unpaired) electrons. The second-order valence-corrected chi connectivity index (χ2v) is 5.27. The van der Waals surface area contributed by atoms with Gasteiger partial charge in [0.05, 0.1) is 4.34 Å². The van der Waals surface area contributed by atoms with Crippen LogP contribution in [0.2, 0.25) is 4.34 Å². The van der Waals surface area contributed by atoms with E-state index in [1.807, 2.05) is 13.8 Å². The molecule has 0 aromatic carbocycles. The SMILES string of the molecule is CC[C@@H](C)NC(=O)COC(=O)c1ccc(Cl)s1. The fourth-order valence-electron chi connectivity index (χ4n) is 1.04. The third kappa shape index (κ3) is 4.75. The topological polar surface area (TPSA) is 55.4 Å². The summed E-state index contributed by atoms with van der Waals surface area (Å²) >= 11 is 6.81. The number of rotatable bonds is 5. The minimum Gasteiger partial charge on any atom is -0.451 e. The van der Waals surface area contributed by atoms with Crippen molar-refractivity contribution in [2.24, 2.45) is 0 Å². The number of thiophene rings is 1. The van der Waals surface area contributed by atoms with E-state index in [2.05, 4.69) is 5.32 Å². The van der Waals surface area contributed by atoms with Crippen LogP contribution in [-0.2, 0) is 9.53 Å². The van der Waals surface area contributed by atoms with Crippen LogP contribution in [0.25, 0.3) is 0 Å². The highest BCUT2D eigenvalue weighted by Gasteiger charge is 2.13. The molecule has 1 amide bonds. The number of halogens is 1. The molecule has 1 aromatic heterocycles. The van der Waals surface area contributed by atoms with Crippen molar-refractivity contribution in [3.05, 3.63) is 21.3 Å². The van der Waals surface area contributed by atoms with Gasteiger partial charge in [0.25, 0.3) is 5.91 Å². The van der Waals surface area contributed by atoms with Crippen molar-refractivity contribution in [3.63, 3.8) is 0 Å². The molecule has 1 N–H and O–H groups in total. The molecule has 1 rings (SSSR count). The van der Waals surface area contributed by atoms with E-state index in [9.17, 15) is 9.59 Å². The maximum Gasteiger partial charge on any atom is 0.348 e. The van der Waals surface area contributed by atoms with Gasteiger partial charge in [0.15, 0.2) is 6.61 Å². The molecule has 4 nitrogen and oxygen atoms in total. The Labute approximate surface area is 109 Å². The molecule has 1 heterocycles. The molecule has 0 spiro atoms. The quantitative estimate of drug-likeness (QED) is 0.840. The first kappa shape index (κ1) is 14.0. The number of nitrogens with one attached hydrogen (secondary N) is 1. The number of amides is 1. The molecule has 0 aliphatic heterocycles. The molecule has 0 bridgehead atoms. The first-order valence-electron chi connectivity index (χ1n) is 5.24. The Morgan fingerprint density at radius 2 is 2.24 bits per heavy atom. The van der Waals surface area contributed by atoms with E-state index in [-0.39, 0.29) is 18.6 Å². The highest BCUT2D eigenvalue weighted by Crippen LogP contribution is 2.21. The van der Waals surface area contributed by atoms with Crippen molar-refractivity contribution in [2.45, 2.75) is 26.3 Å². The van der Waals surface area contributed by atoms with Crippen LogP contribution in [0.3, 0.4) is 0 Å². The number of carbonyl (C=O) groups excluding carboxylic acids is 2. The zero-order valence-corrected chi connectivity index (χ0v) is 11.2. The minimum absolute atomic E-state index is 0.0809. The zero-order valence-electron chi connectivity index (χ0n) is 9.66. The van der Waals surface area contributed by atoms with Crippen LogP contribution >= 0.6 is 22.9 Å². The van der Waals surface area contributed by atoms with Crippen molar-refractivity contribution in [2.75, 3.05) is 6.61 Å². The van der Waals surface area contributed by atoms with Gasteiger partial charge in [0, 0.05) is 6.04 Å². The Morgan fingerprint density at radius 1 is 1.53 bits per heavy atom. The second kappa shape index (κ2) is 6.61. The van der Waals surface area contributed by atoms with E-state index in [0.29, 0.717) is 9.21 Å². The van der Waals surface area contributed by atoms with E-state index in [4.69, 9.17) is 16.3 Å². The maximum absolute atomic E-state index is 11.5. The van der Waals surface area contributed by atoms with Gasteiger partial charge in [0.2, 0.25) is 0 Å². The molecule has 0 fully saturated rings. The number of hydrogen-bond acceptors (Lipinski definition) is 4. The summed E-state index contributed by atoms with van der Waals surface area (Å²) in [6.45, 7) is 3.59. The molecule has 6 heteroatoms. The molecule has 94 valence electrons. The van der Waals surface area contributed by atoms with Crippen molar-refractivity contribution >= 4 is 34.8 Å². The predicted molar refractivity (Wildman–Crippen MR) is 67.5 cm³/mol. The van der Waals surface area contributed by atoms with Gasteiger partial charge in [-0.3, -0.25) is 4.79 Å². The average Bonchev–Trinajstić information content (AvgIpc) is 2.72. The van der Waals surface area contributed by atoms with Crippen LogP contribution in [-0.4, -0.2) is 24.5 Å². The monoisotopic (exact) mass is 275 g/mol. The number of ether oxygens (including phenoxy) is 1. The van der Waals surface area contributed by atoms with Gasteiger partial charge in [-0.25, -0.2) is 4.79 Å². The van der Waals surface area contributed by atoms with E-state index >= 15 is 0 Å². The van der Waals surface area contributed by atoms with Crippen LogP contribution in [0.1, 0.15) is 29.9 Å². The molecular weight excluding hydrogens is 262 g/mol. The van der Waals surface area contributed by atoms with Gasteiger partial charge < -0.3 is 10.1 Å². The predicted octanol–water partition coefficient (Wildman–Crippen LogP) is 2.47. The van der Waals surface area contributed by atoms with Crippen LogP contribution < -0.4 is 5.32 Å². The third-order valence-electron chi connectivity index (χ3n) is 2.13. The second-order valence-electron chi connectivity index (χ2n) is 3.56. The Morgan fingerprint density at radius 3 is 2.76 bits per heavy atom. The van der Waals surface area contributed by atoms with Crippen LogP contribution in [0.4, 0.5) is 0 Å². The van der Waals surface area contributed by atoms with Gasteiger partial charge in [-0.2, -0.15) is 0 Å². The lowest BCUT2D eigenvalue weighted by Gasteiger charge is -2.10. The normalized spacial score (nSPS) is 11.9. The summed E-state index contributed by atoms with van der Waals surface area (Å²) < 4.78 is 5.36. The molecule has 1 atom stereocenters. The lowest BCUT2D eigenvalue weighted by atomic mass is 10.2. The molecule has 1 aromatic rings. The lowest BCUT2D eigenvalue weighted by molar-refractivity contribution is -0.124. The molecular formula is C11H14ClNO3S. The number of carbonyl (C=O) groups is 2. The number of esters is 1. The van der Waals surface area contributed by atoms with Crippen molar-refractivity contribution < 1.29 is 14.3 Å². The lowest BCUT2D eigenvalue weighted by Crippen LogP contribution is -2.35. The molecule has 0 saturated carbocycles. The van der Waals surface area contributed by atoms with Gasteiger partial charge in [-0.05, 0) is 25.5 Å². The first-order chi connectivity index (χ1) is 8.02. The first-order valence-corrected chi connectivity index (χ1v) is 6.44. The summed E-state index contributed by atoms with van der Waals surface area (Å²) in [5.41, 5.74) is 0. The van der Waals surface area contributed by atoms with E-state index in [1.54, 1.807) is 12.1 Å². The van der Waals surface area contributed by atoms with Crippen LogP contribution in [0.15, 0.2) is 12.1 Å². The minimum atomic E-state index is -0.527. The molecule has 17 heavy (non-hydrogen) atoms. The van der Waals surface area contributed by atoms with E-state index in [0.717, 1.165) is 17.8 Å². The molecule has 0 unspecified atom stereocenters. The van der Waals surface area contributed by atoms with Gasteiger partial charge in [0.1, 0.15) is 4.88 Å². The summed E-state index contributed by atoms with van der Waals surface area (Å²) in [6.07, 6.45) is 0.834. The maximum atomic E-state index is 11.5. The van der Waals surface area contributed by atoms with E-state index < -0.39 is 5.97 Å². The smallest absolute Gasteiger partial charge is 0.348 e. The number of hydrogen-bond donors (Lipinski definition) is 1. The molecule has 0 saturated heterocycles. The third-order valence-corrected chi connectivity index (χ3v) is 3.34. The summed E-state index contributed by atoms with van der Waals surface area (Å²) in [5, 5.41) is 2.70. The molecule has 0 aliphatic rings. The van der Waals surface area contributed by atoms with Gasteiger partial charge in [-0.15, -0.1) is 11.3 Å². The van der Waals surface area contributed by atoms with Crippen molar-refractivity contribution in [1.82, 2.24) is 5.32 Å². The van der Waals surface area contributed by atoms with Crippen molar-refractivity contribution in [1.29, 1.82) is 0 Å². The largest absolute Gasteiger partial charge is 0.451 e. The summed E-state index contributed by atoms with van der Waals surface area (Å²) in [5.74, 6) is -0.823. The molecule has 0 aliphatic carbocycles. The fraction of sp³-hybridized carbons (Fsp3) is 0.455. The standard InChI is InChI=1S/C11H14ClNO3S/c1-3-7(2)13-10(14)6-16-11(15)8-4-5-9(12)17-8/h4-5,7H,3,6H2,1-2H3,(H,13,14)/t7-/m1/s1. The highest BCUT2D eigenvalue weighted by molar-refractivity contribution is 7.17. The van der Waals surface area contributed by atoms with Gasteiger partial charge >= 0.3 is 5.97 Å². The fourth-order valence-corrected chi connectivity index (χ4v) is 1.98.